The molecular formula is C10H18O5. The Morgan fingerprint density at radius 1 is 1.53 bits per heavy atom. The van der Waals surface area contributed by atoms with Crippen molar-refractivity contribution in [2.45, 2.75) is 31.5 Å². The smallest absolute Gasteiger partial charge is 0.163 e. The second-order valence-electron chi connectivity index (χ2n) is 3.58. The van der Waals surface area contributed by atoms with Gasteiger partial charge in [-0.3, -0.25) is 0 Å². The summed E-state index contributed by atoms with van der Waals surface area (Å²) >= 11 is 0. The maximum absolute atomic E-state index is 9.83. The van der Waals surface area contributed by atoms with Crippen molar-refractivity contribution in [3.8, 4) is 0 Å². The first-order valence-corrected chi connectivity index (χ1v) is 4.89. The maximum atomic E-state index is 9.83. The lowest BCUT2D eigenvalue weighted by atomic mass is 9.92. The van der Waals surface area contributed by atoms with Crippen molar-refractivity contribution in [2.75, 3.05) is 13.7 Å². The second kappa shape index (κ2) is 5.46. The second-order valence-corrected chi connectivity index (χ2v) is 3.58. The number of ether oxygens (including phenoxy) is 3. The van der Waals surface area contributed by atoms with E-state index in [4.69, 9.17) is 19.3 Å². The molecule has 1 fully saturated rings. The monoisotopic (exact) mass is 218 g/mol. The van der Waals surface area contributed by atoms with Crippen molar-refractivity contribution in [1.29, 1.82) is 0 Å². The van der Waals surface area contributed by atoms with Crippen molar-refractivity contribution in [1.82, 2.24) is 0 Å². The van der Waals surface area contributed by atoms with Crippen LogP contribution in [-0.4, -0.2) is 48.5 Å². The van der Waals surface area contributed by atoms with Crippen LogP contribution in [0.25, 0.3) is 0 Å². The first kappa shape index (κ1) is 12.4. The van der Waals surface area contributed by atoms with Gasteiger partial charge in [0.2, 0.25) is 0 Å². The molecule has 1 saturated heterocycles. The van der Waals surface area contributed by atoms with Crippen LogP contribution in [0.3, 0.4) is 0 Å². The summed E-state index contributed by atoms with van der Waals surface area (Å²) in [6.45, 7) is 5.02. The highest BCUT2D eigenvalue weighted by Gasteiger charge is 2.43. The summed E-state index contributed by atoms with van der Waals surface area (Å²) in [4.78, 5) is 0. The summed E-state index contributed by atoms with van der Waals surface area (Å²) in [5, 5.41) is 18.9. The van der Waals surface area contributed by atoms with Crippen molar-refractivity contribution in [2.24, 2.45) is 5.92 Å². The van der Waals surface area contributed by atoms with Gasteiger partial charge < -0.3 is 24.4 Å². The normalized spacial score (nSPS) is 41.2. The number of aliphatic hydroxyl groups excluding tert-OH is 2. The fourth-order valence-corrected chi connectivity index (χ4v) is 1.79. The predicted octanol–water partition coefficient (Wildman–Crippen LogP) is -0.124. The minimum atomic E-state index is -0.880. The van der Waals surface area contributed by atoms with E-state index in [0.29, 0.717) is 0 Å². The molecule has 5 nitrogen and oxygen atoms in total. The summed E-state index contributed by atoms with van der Waals surface area (Å²) in [6, 6.07) is 0. The van der Waals surface area contributed by atoms with Gasteiger partial charge in [0, 0.05) is 13.0 Å². The molecule has 0 spiro atoms. The van der Waals surface area contributed by atoms with Crippen LogP contribution in [0.1, 0.15) is 6.92 Å². The van der Waals surface area contributed by atoms with Gasteiger partial charge in [0.25, 0.3) is 0 Å². The van der Waals surface area contributed by atoms with Crippen molar-refractivity contribution < 1.29 is 24.4 Å². The molecule has 88 valence electrons. The van der Waals surface area contributed by atoms with Crippen molar-refractivity contribution in [3.63, 3.8) is 0 Å². The standard InChI is InChI=1S/C10H18O5/c1-4-14-9-6(2)10(13-3)15-7(5-11)8(9)12/h4,6-12H,1,5H2,2-3H3/t6-,7+,8+,9-,10-/m0/s1. The lowest BCUT2D eigenvalue weighted by Crippen LogP contribution is -2.55. The summed E-state index contributed by atoms with van der Waals surface area (Å²) in [5.74, 6) is -0.134. The van der Waals surface area contributed by atoms with E-state index < -0.39 is 24.6 Å². The zero-order chi connectivity index (χ0) is 11.4. The first-order chi connectivity index (χ1) is 7.15. The molecule has 1 heterocycles. The van der Waals surface area contributed by atoms with Gasteiger partial charge in [-0.1, -0.05) is 13.5 Å². The van der Waals surface area contributed by atoms with Gasteiger partial charge in [0.1, 0.15) is 18.3 Å². The van der Waals surface area contributed by atoms with Crippen LogP contribution in [0, 0.1) is 5.92 Å². The van der Waals surface area contributed by atoms with Gasteiger partial charge in [-0.2, -0.15) is 0 Å². The number of methoxy groups -OCH3 is 1. The molecule has 0 saturated carbocycles. The van der Waals surface area contributed by atoms with E-state index in [0.717, 1.165) is 0 Å². The van der Waals surface area contributed by atoms with E-state index in [1.54, 1.807) is 0 Å². The highest BCUT2D eigenvalue weighted by Crippen LogP contribution is 2.28. The SMILES string of the molecule is C=CO[C@H]1[C@H](C)[C@@H](OC)O[C@H](CO)[C@H]1O. The maximum Gasteiger partial charge on any atom is 0.163 e. The summed E-state index contributed by atoms with van der Waals surface area (Å²) in [7, 11) is 1.51. The Balaban J connectivity index is 2.75. The fraction of sp³-hybridized carbons (Fsp3) is 0.800. The van der Waals surface area contributed by atoms with E-state index in [1.165, 1.54) is 13.4 Å². The van der Waals surface area contributed by atoms with Crippen LogP contribution in [0.15, 0.2) is 12.8 Å². The quantitative estimate of drug-likeness (QED) is 0.644. The molecule has 2 N–H and O–H groups in total. The van der Waals surface area contributed by atoms with E-state index in [1.807, 2.05) is 6.92 Å². The Morgan fingerprint density at radius 3 is 2.67 bits per heavy atom. The third-order valence-electron chi connectivity index (χ3n) is 2.64. The lowest BCUT2D eigenvalue weighted by Gasteiger charge is -2.41. The average Bonchev–Trinajstić information content (AvgIpc) is 2.25. The number of rotatable bonds is 4. The molecule has 0 aromatic heterocycles. The summed E-state index contributed by atoms with van der Waals surface area (Å²) in [6.07, 6.45) is -1.25. The van der Waals surface area contributed by atoms with E-state index in [9.17, 15) is 5.11 Å². The highest BCUT2D eigenvalue weighted by atomic mass is 16.7. The molecule has 0 radical (unpaired) electrons. The minimum absolute atomic E-state index is 0.134. The molecule has 0 aromatic carbocycles. The fourth-order valence-electron chi connectivity index (χ4n) is 1.79. The highest BCUT2D eigenvalue weighted by molar-refractivity contribution is 4.89. The average molecular weight is 218 g/mol. The molecule has 0 aromatic rings. The summed E-state index contributed by atoms with van der Waals surface area (Å²) < 4.78 is 15.7. The van der Waals surface area contributed by atoms with E-state index >= 15 is 0 Å². The predicted molar refractivity (Wildman–Crippen MR) is 53.0 cm³/mol. The minimum Gasteiger partial charge on any atom is -0.495 e. The van der Waals surface area contributed by atoms with Gasteiger partial charge >= 0.3 is 0 Å². The van der Waals surface area contributed by atoms with Crippen molar-refractivity contribution in [3.05, 3.63) is 12.8 Å². The van der Waals surface area contributed by atoms with Crippen molar-refractivity contribution >= 4 is 0 Å². The molecule has 0 amide bonds. The van der Waals surface area contributed by atoms with Gasteiger partial charge in [0.05, 0.1) is 12.9 Å². The Labute approximate surface area is 89.3 Å². The molecule has 1 aliphatic heterocycles. The molecule has 1 rings (SSSR count). The van der Waals surface area contributed by atoms with Crippen LogP contribution in [0.5, 0.6) is 0 Å². The molecule has 5 atom stereocenters. The third-order valence-corrected chi connectivity index (χ3v) is 2.64. The topological polar surface area (TPSA) is 68.2 Å². The molecule has 0 bridgehead atoms. The van der Waals surface area contributed by atoms with Crippen LogP contribution >= 0.6 is 0 Å². The number of aliphatic hydroxyl groups is 2. The Bertz CT molecular complexity index is 192. The van der Waals surface area contributed by atoms with Crippen LogP contribution in [0.4, 0.5) is 0 Å². The Kier molecular flexibility index (Phi) is 4.53. The first-order valence-electron chi connectivity index (χ1n) is 4.89. The Hall–Kier alpha value is -0.620. The Morgan fingerprint density at radius 2 is 2.20 bits per heavy atom. The zero-order valence-corrected chi connectivity index (χ0v) is 9.00. The van der Waals surface area contributed by atoms with Gasteiger partial charge in [0.15, 0.2) is 6.29 Å². The van der Waals surface area contributed by atoms with Crippen LogP contribution < -0.4 is 0 Å². The largest absolute Gasteiger partial charge is 0.495 e. The van der Waals surface area contributed by atoms with Gasteiger partial charge in [-0.25, -0.2) is 0 Å². The lowest BCUT2D eigenvalue weighted by molar-refractivity contribution is -0.275. The molecule has 1 aliphatic rings. The number of hydrogen-bond donors (Lipinski definition) is 2. The number of hydrogen-bond acceptors (Lipinski definition) is 5. The third kappa shape index (κ3) is 2.49. The molecule has 0 aliphatic carbocycles. The van der Waals surface area contributed by atoms with Crippen LogP contribution in [0.2, 0.25) is 0 Å². The van der Waals surface area contributed by atoms with E-state index in [2.05, 4.69) is 6.58 Å². The van der Waals surface area contributed by atoms with Crippen LogP contribution in [-0.2, 0) is 14.2 Å². The van der Waals surface area contributed by atoms with E-state index in [-0.39, 0.29) is 12.5 Å². The van der Waals surface area contributed by atoms with Gasteiger partial charge in [-0.05, 0) is 0 Å². The molecular weight excluding hydrogens is 200 g/mol. The summed E-state index contributed by atoms with van der Waals surface area (Å²) in [5.41, 5.74) is 0. The molecule has 15 heavy (non-hydrogen) atoms. The zero-order valence-electron chi connectivity index (χ0n) is 9.00. The molecule has 0 unspecified atom stereocenters. The molecule has 5 heteroatoms. The van der Waals surface area contributed by atoms with Gasteiger partial charge in [-0.15, -0.1) is 0 Å².